The molecule has 2 rings (SSSR count). The van der Waals surface area contributed by atoms with Crippen LogP contribution < -0.4 is 10.6 Å². The van der Waals surface area contributed by atoms with E-state index in [0.717, 1.165) is 18.2 Å². The topological polar surface area (TPSA) is 130 Å². The van der Waals surface area contributed by atoms with Crippen LogP contribution in [0.15, 0.2) is 48.5 Å². The number of nitro groups is 1. The van der Waals surface area contributed by atoms with Crippen LogP contribution >= 0.6 is 7.60 Å². The molecule has 0 aliphatic carbocycles. The Kier molecular flexibility index (Phi) is 4.37. The number of amides is 1. The Bertz CT molecular complexity index is 771. The fourth-order valence-electron chi connectivity index (χ4n) is 1.83. The van der Waals surface area contributed by atoms with Crippen molar-refractivity contribution in [2.24, 2.45) is 0 Å². The minimum absolute atomic E-state index is 0.206. The summed E-state index contributed by atoms with van der Waals surface area (Å²) in [5.74, 6) is -0.704. The number of hydrogen-bond donors (Lipinski definition) is 3. The highest BCUT2D eigenvalue weighted by molar-refractivity contribution is 7.60. The molecule has 8 nitrogen and oxygen atoms in total. The molecular formula is C13H11N2O6P. The summed E-state index contributed by atoms with van der Waals surface area (Å²) < 4.78 is 11.5. The molecule has 2 aromatic carbocycles. The lowest BCUT2D eigenvalue weighted by atomic mass is 10.2. The zero-order chi connectivity index (χ0) is 16.3. The summed E-state index contributed by atoms with van der Waals surface area (Å²) in [6.45, 7) is 0. The predicted octanol–water partition coefficient (Wildman–Crippen LogP) is 1.65. The van der Waals surface area contributed by atoms with Crippen molar-refractivity contribution < 1.29 is 24.1 Å². The molecule has 22 heavy (non-hydrogen) atoms. The first kappa shape index (κ1) is 15.8. The maximum Gasteiger partial charge on any atom is 0.358 e. The molecule has 9 heteroatoms. The summed E-state index contributed by atoms with van der Waals surface area (Å²) in [4.78, 5) is 40.9. The molecule has 114 valence electrons. The van der Waals surface area contributed by atoms with E-state index < -0.39 is 35.1 Å². The van der Waals surface area contributed by atoms with Crippen LogP contribution in [-0.4, -0.2) is 20.6 Å². The smallest absolute Gasteiger partial charge is 0.321 e. The Hall–Kier alpha value is -2.54. The molecule has 0 spiro atoms. The maximum absolute atomic E-state index is 12.1. The van der Waals surface area contributed by atoms with Crippen molar-refractivity contribution in [2.45, 2.75) is 0 Å². The second-order valence-corrected chi connectivity index (χ2v) is 5.86. The van der Waals surface area contributed by atoms with Gasteiger partial charge in [0.2, 0.25) is 0 Å². The Morgan fingerprint density at radius 2 is 1.73 bits per heavy atom. The molecule has 0 bridgehead atoms. The Morgan fingerprint density at radius 1 is 1.09 bits per heavy atom. The van der Waals surface area contributed by atoms with Crippen molar-refractivity contribution in [1.82, 2.24) is 0 Å². The molecule has 0 radical (unpaired) electrons. The van der Waals surface area contributed by atoms with Gasteiger partial charge in [-0.2, -0.15) is 0 Å². The molecule has 0 unspecified atom stereocenters. The van der Waals surface area contributed by atoms with Crippen LogP contribution in [-0.2, 0) is 4.57 Å². The zero-order valence-corrected chi connectivity index (χ0v) is 11.9. The molecule has 1 amide bonds. The number of nitrogens with zero attached hydrogens (tertiary/aromatic N) is 1. The van der Waals surface area contributed by atoms with Crippen LogP contribution in [0.1, 0.15) is 10.4 Å². The number of carbonyl (C=O) groups excluding carboxylic acids is 1. The first-order valence-electron chi connectivity index (χ1n) is 6.00. The fourth-order valence-corrected chi connectivity index (χ4v) is 2.57. The summed E-state index contributed by atoms with van der Waals surface area (Å²) in [6, 6.07) is 11.1. The normalized spacial score (nSPS) is 11.0. The maximum atomic E-state index is 12.1. The molecule has 3 N–H and O–H groups in total. The number of carbonyl (C=O) groups is 1. The van der Waals surface area contributed by atoms with E-state index in [1.165, 1.54) is 12.1 Å². The van der Waals surface area contributed by atoms with Crippen LogP contribution in [0.3, 0.4) is 0 Å². The Morgan fingerprint density at radius 3 is 2.27 bits per heavy atom. The van der Waals surface area contributed by atoms with Gasteiger partial charge in [0.25, 0.3) is 11.6 Å². The molecule has 0 fully saturated rings. The molecule has 0 atom stereocenters. The lowest BCUT2D eigenvalue weighted by molar-refractivity contribution is -0.383. The molecule has 0 saturated heterocycles. The molecule has 2 aromatic rings. The lowest BCUT2D eigenvalue weighted by Crippen LogP contribution is -2.20. The van der Waals surface area contributed by atoms with E-state index >= 15 is 0 Å². The van der Waals surface area contributed by atoms with Gasteiger partial charge in [0.15, 0.2) is 0 Å². The molecule has 0 heterocycles. The van der Waals surface area contributed by atoms with Gasteiger partial charge in [-0.1, -0.05) is 24.3 Å². The van der Waals surface area contributed by atoms with Gasteiger partial charge in [-0.05, 0) is 18.2 Å². The van der Waals surface area contributed by atoms with E-state index in [9.17, 15) is 29.3 Å². The number of para-hydroxylation sites is 1. The van der Waals surface area contributed by atoms with E-state index in [2.05, 4.69) is 5.32 Å². The summed E-state index contributed by atoms with van der Waals surface area (Å²) in [5.41, 5.74) is -0.892. The monoisotopic (exact) mass is 322 g/mol. The van der Waals surface area contributed by atoms with Crippen LogP contribution in [0.4, 0.5) is 11.4 Å². The second-order valence-electron chi connectivity index (χ2n) is 4.29. The van der Waals surface area contributed by atoms with Gasteiger partial charge in [0.05, 0.1) is 10.2 Å². The average molecular weight is 322 g/mol. The van der Waals surface area contributed by atoms with E-state index in [-0.39, 0.29) is 5.56 Å². The van der Waals surface area contributed by atoms with Gasteiger partial charge in [-0.15, -0.1) is 0 Å². The zero-order valence-electron chi connectivity index (χ0n) is 11.0. The highest BCUT2D eigenvalue weighted by atomic mass is 31.2. The van der Waals surface area contributed by atoms with Crippen molar-refractivity contribution in [1.29, 1.82) is 0 Å². The molecule has 0 saturated carbocycles. The lowest BCUT2D eigenvalue weighted by Gasteiger charge is -2.12. The van der Waals surface area contributed by atoms with Gasteiger partial charge in [-0.25, -0.2) is 0 Å². The van der Waals surface area contributed by atoms with E-state index in [4.69, 9.17) is 0 Å². The molecule has 0 aliphatic rings. The summed E-state index contributed by atoms with van der Waals surface area (Å²) in [5, 5.41) is 12.6. The van der Waals surface area contributed by atoms with Crippen LogP contribution in [0, 0.1) is 10.1 Å². The molecule has 0 aromatic heterocycles. The fraction of sp³-hybridized carbons (Fsp3) is 0. The van der Waals surface area contributed by atoms with Gasteiger partial charge >= 0.3 is 7.60 Å². The highest BCUT2D eigenvalue weighted by Gasteiger charge is 2.29. The molecule has 0 aliphatic heterocycles. The minimum Gasteiger partial charge on any atom is -0.321 e. The number of nitrogens with one attached hydrogen (secondary N) is 1. The van der Waals surface area contributed by atoms with Crippen molar-refractivity contribution in [2.75, 3.05) is 5.32 Å². The van der Waals surface area contributed by atoms with Crippen LogP contribution in [0.25, 0.3) is 0 Å². The van der Waals surface area contributed by atoms with E-state index in [1.807, 2.05) is 0 Å². The standard InChI is InChI=1S/C13H11N2O6P/c16-13(9-5-2-1-3-6-9)14-12-10(15(17)18)7-4-8-11(12)22(19,20)21/h1-8H,(H,14,16)(H2,19,20,21). The predicted molar refractivity (Wildman–Crippen MR) is 79.2 cm³/mol. The Labute approximate surface area is 124 Å². The molecular weight excluding hydrogens is 311 g/mol. The summed E-state index contributed by atoms with van der Waals surface area (Å²) in [7, 11) is -4.79. The highest BCUT2D eigenvalue weighted by Crippen LogP contribution is 2.39. The first-order chi connectivity index (χ1) is 10.3. The summed E-state index contributed by atoms with van der Waals surface area (Å²) >= 11 is 0. The first-order valence-corrected chi connectivity index (χ1v) is 7.62. The third-order valence-electron chi connectivity index (χ3n) is 2.81. The number of hydrogen-bond acceptors (Lipinski definition) is 4. The van der Waals surface area contributed by atoms with Crippen LogP contribution in [0.2, 0.25) is 0 Å². The van der Waals surface area contributed by atoms with Crippen molar-refractivity contribution in [3.05, 3.63) is 64.2 Å². The van der Waals surface area contributed by atoms with Crippen LogP contribution in [0.5, 0.6) is 0 Å². The third-order valence-corrected chi connectivity index (χ3v) is 3.81. The quantitative estimate of drug-likeness (QED) is 0.446. The number of rotatable bonds is 4. The van der Waals surface area contributed by atoms with Crippen molar-refractivity contribution in [3.8, 4) is 0 Å². The van der Waals surface area contributed by atoms with E-state index in [1.54, 1.807) is 18.2 Å². The second kappa shape index (κ2) is 6.07. The largest absolute Gasteiger partial charge is 0.358 e. The van der Waals surface area contributed by atoms with Gasteiger partial charge in [-0.3, -0.25) is 19.5 Å². The van der Waals surface area contributed by atoms with E-state index in [0.29, 0.717) is 0 Å². The number of nitro benzene ring substituents is 1. The van der Waals surface area contributed by atoms with Crippen molar-refractivity contribution in [3.63, 3.8) is 0 Å². The van der Waals surface area contributed by atoms with Gasteiger partial charge < -0.3 is 15.1 Å². The van der Waals surface area contributed by atoms with Gasteiger partial charge in [0.1, 0.15) is 5.69 Å². The SMILES string of the molecule is O=C(Nc1c([N+](=O)[O-])cccc1P(=O)(O)O)c1ccccc1. The number of benzene rings is 2. The number of anilines is 1. The summed E-state index contributed by atoms with van der Waals surface area (Å²) in [6.07, 6.45) is 0. The minimum atomic E-state index is -4.79. The average Bonchev–Trinajstić information content (AvgIpc) is 2.47. The van der Waals surface area contributed by atoms with Crippen molar-refractivity contribution >= 4 is 30.2 Å². The third kappa shape index (κ3) is 3.37. The van der Waals surface area contributed by atoms with Gasteiger partial charge in [0, 0.05) is 11.6 Å². The Balaban J connectivity index is 2.51.